The zero-order chi connectivity index (χ0) is 18.5. The van der Waals surface area contributed by atoms with Crippen LogP contribution in [0.15, 0.2) is 84.1 Å². The highest BCUT2D eigenvalue weighted by Gasteiger charge is 2.22. The highest BCUT2D eigenvalue weighted by Crippen LogP contribution is 2.22. The van der Waals surface area contributed by atoms with Crippen molar-refractivity contribution in [3.05, 3.63) is 84.1 Å². The maximum Gasteiger partial charge on any atom is 0.154 e. The summed E-state index contributed by atoms with van der Waals surface area (Å²) in [5.41, 5.74) is 0.328. The van der Waals surface area contributed by atoms with Crippen LogP contribution in [-0.4, -0.2) is 8.80 Å². The smallest absolute Gasteiger partial charge is 0.0793 e. The Kier molecular flexibility index (Phi) is 6.24. The Morgan fingerprint density at radius 2 is 1.12 bits per heavy atom. The van der Waals surface area contributed by atoms with Crippen molar-refractivity contribution in [2.24, 2.45) is 10.8 Å². The highest BCUT2D eigenvalue weighted by atomic mass is 28.3. The molecule has 2 aromatic rings. The van der Waals surface area contributed by atoms with E-state index < -0.39 is 8.80 Å². The van der Waals surface area contributed by atoms with E-state index in [1.165, 1.54) is 15.6 Å². The molecule has 0 saturated carbocycles. The molecule has 25 heavy (non-hydrogen) atoms. The molecule has 0 bridgehead atoms. The van der Waals surface area contributed by atoms with Crippen molar-refractivity contribution < 1.29 is 0 Å². The SMILES string of the molecule is CC(C)(C)/C=C/C(=C\C(C)(C)C)[Si](c1ccccc1)c1ccccc1. The van der Waals surface area contributed by atoms with Gasteiger partial charge in [-0.25, -0.2) is 0 Å². The average Bonchev–Trinajstić information content (AvgIpc) is 2.53. The van der Waals surface area contributed by atoms with Gasteiger partial charge >= 0.3 is 0 Å². The lowest BCUT2D eigenvalue weighted by Crippen LogP contribution is -2.44. The summed E-state index contributed by atoms with van der Waals surface area (Å²) >= 11 is 0. The lowest BCUT2D eigenvalue weighted by molar-refractivity contribution is 0.538. The average molecular weight is 348 g/mol. The minimum absolute atomic E-state index is 0.150. The first kappa shape index (κ1) is 19.5. The second-order valence-electron chi connectivity index (χ2n) is 8.77. The van der Waals surface area contributed by atoms with Gasteiger partial charge in [0.2, 0.25) is 0 Å². The van der Waals surface area contributed by atoms with Crippen molar-refractivity contribution >= 4 is 19.2 Å². The topological polar surface area (TPSA) is 0 Å². The normalized spacial score (nSPS) is 13.6. The Morgan fingerprint density at radius 3 is 1.48 bits per heavy atom. The van der Waals surface area contributed by atoms with Gasteiger partial charge in [-0.3, -0.25) is 0 Å². The molecule has 0 amide bonds. The summed E-state index contributed by atoms with van der Waals surface area (Å²) in [6.45, 7) is 13.6. The maximum atomic E-state index is 2.46. The molecule has 1 heteroatoms. The molecule has 0 saturated heterocycles. The fourth-order valence-electron chi connectivity index (χ4n) is 2.72. The minimum Gasteiger partial charge on any atom is -0.0793 e. The summed E-state index contributed by atoms with van der Waals surface area (Å²) in [6, 6.07) is 22.0. The first-order valence-corrected chi connectivity index (χ1v) is 10.6. The molecular weight excluding hydrogens is 316 g/mol. The van der Waals surface area contributed by atoms with Crippen LogP contribution in [0.5, 0.6) is 0 Å². The van der Waals surface area contributed by atoms with Crippen LogP contribution >= 0.6 is 0 Å². The lowest BCUT2D eigenvalue weighted by Gasteiger charge is -2.23. The number of hydrogen-bond acceptors (Lipinski definition) is 0. The highest BCUT2D eigenvalue weighted by molar-refractivity contribution is 6.91. The molecule has 0 unspecified atom stereocenters. The zero-order valence-electron chi connectivity index (χ0n) is 16.5. The Labute approximate surface area is 155 Å². The summed E-state index contributed by atoms with van der Waals surface area (Å²) in [5, 5.41) is 4.34. The molecule has 0 fully saturated rings. The van der Waals surface area contributed by atoms with Crippen LogP contribution in [-0.2, 0) is 0 Å². The third-order valence-electron chi connectivity index (χ3n) is 3.77. The predicted octanol–water partition coefficient (Wildman–Crippen LogP) is 5.41. The van der Waals surface area contributed by atoms with E-state index in [4.69, 9.17) is 0 Å². The van der Waals surface area contributed by atoms with Gasteiger partial charge in [-0.15, -0.1) is 0 Å². The Hall–Kier alpha value is -1.86. The van der Waals surface area contributed by atoms with E-state index >= 15 is 0 Å². The van der Waals surface area contributed by atoms with E-state index in [-0.39, 0.29) is 10.8 Å². The van der Waals surface area contributed by atoms with Gasteiger partial charge < -0.3 is 0 Å². The number of allylic oxidation sites excluding steroid dienone is 4. The molecule has 131 valence electrons. The van der Waals surface area contributed by atoms with E-state index in [9.17, 15) is 0 Å². The predicted molar refractivity (Wildman–Crippen MR) is 114 cm³/mol. The van der Waals surface area contributed by atoms with Crippen molar-refractivity contribution in [1.82, 2.24) is 0 Å². The van der Waals surface area contributed by atoms with Crippen molar-refractivity contribution in [1.29, 1.82) is 0 Å². The molecule has 0 atom stereocenters. The second-order valence-corrected chi connectivity index (χ2v) is 11.3. The molecule has 0 aliphatic carbocycles. The maximum absolute atomic E-state index is 2.46. The standard InChI is InChI=1S/C24H31Si/c1-23(2,3)18-17-22(19-24(4,5)6)25(20-13-9-7-10-14-20)21-15-11-8-12-16-21/h7-19H,1-6H3/b18-17+,22-19+. The number of hydrogen-bond donors (Lipinski definition) is 0. The van der Waals surface area contributed by atoms with Gasteiger partial charge in [0.15, 0.2) is 8.80 Å². The van der Waals surface area contributed by atoms with Crippen LogP contribution in [0.4, 0.5) is 0 Å². The van der Waals surface area contributed by atoms with Gasteiger partial charge in [0, 0.05) is 0 Å². The van der Waals surface area contributed by atoms with Crippen LogP contribution in [0.25, 0.3) is 0 Å². The van der Waals surface area contributed by atoms with Gasteiger partial charge in [0.25, 0.3) is 0 Å². The number of rotatable bonds is 4. The summed E-state index contributed by atoms with van der Waals surface area (Å²) in [5.74, 6) is 0. The van der Waals surface area contributed by atoms with E-state index in [2.05, 4.69) is 120 Å². The van der Waals surface area contributed by atoms with E-state index in [1.54, 1.807) is 0 Å². The summed E-state index contributed by atoms with van der Waals surface area (Å²) in [7, 11) is -1.02. The number of benzene rings is 2. The molecule has 0 aliphatic rings. The van der Waals surface area contributed by atoms with Crippen LogP contribution in [0, 0.1) is 10.8 Å². The third kappa shape index (κ3) is 6.51. The molecule has 0 aliphatic heterocycles. The first-order valence-electron chi connectivity index (χ1n) is 9.06. The third-order valence-corrected chi connectivity index (χ3v) is 6.47. The molecule has 2 aromatic carbocycles. The van der Waals surface area contributed by atoms with E-state index in [0.717, 1.165) is 0 Å². The van der Waals surface area contributed by atoms with Crippen LogP contribution < -0.4 is 10.4 Å². The fourth-order valence-corrected chi connectivity index (χ4v) is 5.60. The molecule has 0 aromatic heterocycles. The quantitative estimate of drug-likeness (QED) is 0.512. The van der Waals surface area contributed by atoms with Gasteiger partial charge in [0.1, 0.15) is 0 Å². The van der Waals surface area contributed by atoms with Gasteiger partial charge in [-0.1, -0.05) is 136 Å². The van der Waals surface area contributed by atoms with Crippen molar-refractivity contribution in [3.8, 4) is 0 Å². The summed E-state index contributed by atoms with van der Waals surface area (Å²) < 4.78 is 0. The van der Waals surface area contributed by atoms with Crippen LogP contribution in [0.3, 0.4) is 0 Å². The van der Waals surface area contributed by atoms with Crippen molar-refractivity contribution in [2.75, 3.05) is 0 Å². The second kappa shape index (κ2) is 8.01. The summed E-state index contributed by atoms with van der Waals surface area (Å²) in [6.07, 6.45) is 7.18. The molecule has 1 radical (unpaired) electrons. The Bertz CT molecular complexity index is 671. The first-order chi connectivity index (χ1) is 11.7. The van der Waals surface area contributed by atoms with Gasteiger partial charge in [-0.2, -0.15) is 0 Å². The molecule has 2 rings (SSSR count). The van der Waals surface area contributed by atoms with Crippen molar-refractivity contribution in [3.63, 3.8) is 0 Å². The molecule has 0 N–H and O–H groups in total. The van der Waals surface area contributed by atoms with Crippen LogP contribution in [0.1, 0.15) is 41.5 Å². The molecule has 0 nitrogen and oxygen atoms in total. The Balaban J connectivity index is 2.61. The van der Waals surface area contributed by atoms with Crippen LogP contribution in [0.2, 0.25) is 0 Å². The Morgan fingerprint density at radius 1 is 0.680 bits per heavy atom. The fraction of sp³-hybridized carbons (Fsp3) is 0.333. The van der Waals surface area contributed by atoms with Crippen molar-refractivity contribution in [2.45, 2.75) is 41.5 Å². The molecule has 0 heterocycles. The lowest BCUT2D eigenvalue weighted by atomic mass is 9.94. The monoisotopic (exact) mass is 347 g/mol. The minimum atomic E-state index is -1.02. The van der Waals surface area contributed by atoms with E-state index in [1.807, 2.05) is 0 Å². The molecular formula is C24H31Si. The van der Waals surface area contributed by atoms with E-state index in [0.29, 0.717) is 0 Å². The summed E-state index contributed by atoms with van der Waals surface area (Å²) in [4.78, 5) is 0. The van der Waals surface area contributed by atoms with Gasteiger partial charge in [-0.05, 0) is 10.8 Å². The zero-order valence-corrected chi connectivity index (χ0v) is 17.5. The largest absolute Gasteiger partial charge is 0.154 e. The molecule has 0 spiro atoms. The van der Waals surface area contributed by atoms with Gasteiger partial charge in [0.05, 0.1) is 0 Å².